The van der Waals surface area contributed by atoms with Crippen LogP contribution in [0.2, 0.25) is 0 Å². The number of imidazole rings is 1. The first-order valence-corrected chi connectivity index (χ1v) is 13.5. The normalized spacial score (nSPS) is 24.4. The van der Waals surface area contributed by atoms with Gasteiger partial charge in [-0.1, -0.05) is 20.8 Å². The summed E-state index contributed by atoms with van der Waals surface area (Å²) in [5.41, 5.74) is 4.65. The van der Waals surface area contributed by atoms with Gasteiger partial charge >= 0.3 is 15.6 Å². The zero-order chi connectivity index (χ0) is 26.6. The van der Waals surface area contributed by atoms with E-state index in [1.165, 1.54) is 19.6 Å². The van der Waals surface area contributed by atoms with Crippen LogP contribution in [0.1, 0.15) is 27.0 Å². The Balaban J connectivity index is 0.000000540. The molecule has 1 aliphatic heterocycles. The fourth-order valence-electron chi connectivity index (χ4n) is 3.22. The number of fused-ring (bicyclic) bond motifs is 1. The van der Waals surface area contributed by atoms with E-state index in [1.54, 1.807) is 0 Å². The molecule has 19 heteroatoms. The highest BCUT2D eigenvalue weighted by Crippen LogP contribution is 2.57. The van der Waals surface area contributed by atoms with Crippen molar-refractivity contribution in [3.63, 3.8) is 0 Å². The van der Waals surface area contributed by atoms with E-state index in [2.05, 4.69) is 49.5 Å². The molecule has 200 valence electrons. The number of nitrogens with one attached hydrogen (secondary N) is 1. The number of aromatic amines is 1. The maximum absolute atomic E-state index is 11.8. The van der Waals surface area contributed by atoms with Crippen LogP contribution in [-0.2, 0) is 22.7 Å². The number of phosphoric ester groups is 1. The van der Waals surface area contributed by atoms with Gasteiger partial charge in [-0.25, -0.2) is 14.1 Å². The molecule has 1 unspecified atom stereocenters. The van der Waals surface area contributed by atoms with Gasteiger partial charge in [-0.05, 0) is 19.6 Å². The zero-order valence-electron chi connectivity index (χ0n) is 19.2. The van der Waals surface area contributed by atoms with Crippen LogP contribution in [0, 0.1) is 0 Å². The molecule has 0 amide bonds. The van der Waals surface area contributed by atoms with Crippen molar-refractivity contribution in [2.75, 3.05) is 32.0 Å². The predicted molar refractivity (Wildman–Crippen MR) is 121 cm³/mol. The molecule has 0 aromatic carbocycles. The van der Waals surface area contributed by atoms with E-state index in [0.29, 0.717) is 0 Å². The molecule has 5 atom stereocenters. The summed E-state index contributed by atoms with van der Waals surface area (Å²) in [7, 11) is -10.5. The Hall–Kier alpha value is -1.75. The van der Waals surface area contributed by atoms with E-state index in [1.807, 2.05) is 0 Å². The largest absolute Gasteiger partial charge is 0.481 e. The Bertz CT molecular complexity index is 1130. The van der Waals surface area contributed by atoms with Crippen LogP contribution in [0.5, 0.6) is 0 Å². The van der Waals surface area contributed by atoms with Gasteiger partial charge in [0.05, 0.1) is 12.9 Å². The molecule has 1 aliphatic rings. The van der Waals surface area contributed by atoms with Crippen LogP contribution in [0.25, 0.3) is 11.2 Å². The quantitative estimate of drug-likeness (QED) is 0.145. The first-order chi connectivity index (χ1) is 16.2. The SMILES string of the molecule is CCN(CC)CC.Nc1nc2c(ncn2[13C@@H]2O[13C@H]([13CH2]OP(=O)(O)OP(=O)(O)O)[13C@@H](O)[13C@H]2O)c(=O)[nH]1. The van der Waals surface area contributed by atoms with Crippen LogP contribution in [-0.4, -0.2) is 93.9 Å². The number of hydrogen-bond donors (Lipinski definition) is 7. The molecule has 17 nitrogen and oxygen atoms in total. The Morgan fingerprint density at radius 1 is 1.17 bits per heavy atom. The number of aromatic nitrogens is 4. The summed E-state index contributed by atoms with van der Waals surface area (Å²) >= 11 is 0. The molecule has 0 aliphatic carbocycles. The third-order valence-corrected chi connectivity index (χ3v) is 7.17. The number of anilines is 1. The topological polar surface area (TPSA) is 256 Å². The number of nitrogen functional groups attached to an aromatic ring is 1. The summed E-state index contributed by atoms with van der Waals surface area (Å²) in [5.74, 6) is -0.233. The van der Waals surface area contributed by atoms with Crippen molar-refractivity contribution in [1.29, 1.82) is 0 Å². The van der Waals surface area contributed by atoms with Crippen LogP contribution in [0.4, 0.5) is 5.95 Å². The highest BCUT2D eigenvalue weighted by Gasteiger charge is 2.46. The first kappa shape index (κ1) is 29.5. The van der Waals surface area contributed by atoms with Gasteiger partial charge in [0.2, 0.25) is 5.95 Å². The van der Waals surface area contributed by atoms with Gasteiger partial charge in [-0.15, -0.1) is 0 Å². The minimum atomic E-state index is -5.32. The lowest BCUT2D eigenvalue weighted by Crippen LogP contribution is -2.33. The van der Waals surface area contributed by atoms with Crippen molar-refractivity contribution in [2.45, 2.75) is 45.3 Å². The maximum atomic E-state index is 11.8. The van der Waals surface area contributed by atoms with Crippen molar-refractivity contribution in [1.82, 2.24) is 24.4 Å². The molecule has 0 saturated carbocycles. The lowest BCUT2D eigenvalue weighted by molar-refractivity contribution is -0.0503. The second kappa shape index (κ2) is 12.0. The Morgan fingerprint density at radius 2 is 1.77 bits per heavy atom. The number of phosphoric acid groups is 2. The number of hydrogen-bond acceptors (Lipinski definition) is 12. The fraction of sp³-hybridized carbons (Fsp3) is 0.688. The molecule has 0 bridgehead atoms. The summed E-state index contributed by atoms with van der Waals surface area (Å²) in [4.78, 5) is 50.5. The standard InChI is InChI=1S/C10H15N5O11P2.C6H15N/c11-10-13-7-4(8(18)14-10)12-2-15(7)9-6(17)5(16)3(25-9)1-24-28(22,23)26-27(19,20)21;1-4-7(5-2)6-3/h2-3,5-6,9,16-17H,1H2,(H,22,23)(H2,19,20,21)(H3,11,13,14,18);4-6H2,1-3H3/t3-,5-,6-,9-;/m1./s1/i1+1,3+1,5+1,6+1,9+1;. The Labute approximate surface area is 199 Å². The molecule has 35 heavy (non-hydrogen) atoms. The smallest absolute Gasteiger partial charge is 0.387 e. The summed E-state index contributed by atoms with van der Waals surface area (Å²) in [6.45, 7) is 9.26. The number of H-pyrrole nitrogens is 1. The third-order valence-electron chi connectivity index (χ3n) is 5.02. The first-order valence-electron chi connectivity index (χ1n) is 10.4. The lowest BCUT2D eigenvalue weighted by atomic mass is 10.5. The summed E-state index contributed by atoms with van der Waals surface area (Å²) in [6, 6.07) is 0. The van der Waals surface area contributed by atoms with Crippen molar-refractivity contribution < 1.29 is 47.6 Å². The van der Waals surface area contributed by atoms with Gasteiger partial charge < -0.3 is 40.3 Å². The van der Waals surface area contributed by atoms with Gasteiger partial charge in [0.15, 0.2) is 17.4 Å². The van der Waals surface area contributed by atoms with E-state index in [4.69, 9.17) is 20.3 Å². The number of ether oxygens (including phenoxy) is 1. The van der Waals surface area contributed by atoms with Crippen molar-refractivity contribution in [3.05, 3.63) is 16.7 Å². The molecule has 1 saturated heterocycles. The van der Waals surface area contributed by atoms with E-state index >= 15 is 0 Å². The van der Waals surface area contributed by atoms with Crippen molar-refractivity contribution in [2.24, 2.45) is 0 Å². The molecule has 3 heterocycles. The van der Waals surface area contributed by atoms with Gasteiger partial charge in [0.1, 0.15) is 18.3 Å². The Morgan fingerprint density at radius 3 is 2.29 bits per heavy atom. The number of rotatable bonds is 9. The highest BCUT2D eigenvalue weighted by molar-refractivity contribution is 7.60. The highest BCUT2D eigenvalue weighted by atomic mass is 31.3. The minimum absolute atomic E-state index is 0.0586. The third kappa shape index (κ3) is 7.87. The molecule has 8 N–H and O–H groups in total. The zero-order valence-corrected chi connectivity index (χ0v) is 21.0. The van der Waals surface area contributed by atoms with Gasteiger partial charge in [-0.2, -0.15) is 9.29 Å². The second-order valence-electron chi connectivity index (χ2n) is 7.28. The van der Waals surface area contributed by atoms with Gasteiger partial charge in [0.25, 0.3) is 5.56 Å². The molecule has 0 spiro atoms. The Kier molecular flexibility index (Phi) is 10.1. The fourth-order valence-corrected chi connectivity index (χ4v) is 4.82. The van der Waals surface area contributed by atoms with Crippen LogP contribution >= 0.6 is 15.6 Å². The maximum Gasteiger partial charge on any atom is 0.481 e. The number of aliphatic hydroxyl groups excluding tert-OH is 2. The summed E-state index contributed by atoms with van der Waals surface area (Å²) in [6.07, 6.45) is -4.88. The number of aliphatic hydroxyl groups is 2. The molecule has 1 fully saturated rings. The monoisotopic (exact) mass is 549 g/mol. The van der Waals surface area contributed by atoms with E-state index in [9.17, 15) is 29.0 Å². The molecule has 0 radical (unpaired) electrons. The number of nitrogens with zero attached hydrogens (tertiary/aromatic N) is 4. The summed E-state index contributed by atoms with van der Waals surface area (Å²) in [5, 5.41) is 20.3. The van der Waals surface area contributed by atoms with E-state index < -0.39 is 52.4 Å². The molecular formula is C16H30N6O11P2. The van der Waals surface area contributed by atoms with Gasteiger partial charge in [-0.3, -0.25) is 18.9 Å². The van der Waals surface area contributed by atoms with Gasteiger partial charge in [0, 0.05) is 0 Å². The van der Waals surface area contributed by atoms with Crippen LogP contribution in [0.3, 0.4) is 0 Å². The molecule has 2 aromatic heterocycles. The van der Waals surface area contributed by atoms with Crippen LogP contribution in [0.15, 0.2) is 11.1 Å². The van der Waals surface area contributed by atoms with E-state index in [-0.39, 0.29) is 17.1 Å². The van der Waals surface area contributed by atoms with Crippen molar-refractivity contribution in [3.8, 4) is 0 Å². The van der Waals surface area contributed by atoms with Crippen molar-refractivity contribution >= 4 is 32.8 Å². The summed E-state index contributed by atoms with van der Waals surface area (Å²) < 4.78 is 36.6. The van der Waals surface area contributed by atoms with E-state index in [0.717, 1.165) is 10.9 Å². The average molecular weight is 549 g/mol. The number of nitrogens with two attached hydrogens (primary N) is 1. The second-order valence-corrected chi connectivity index (χ2v) is 10.1. The lowest BCUT2D eigenvalue weighted by Gasteiger charge is -2.17. The average Bonchev–Trinajstić information content (AvgIpc) is 3.28. The molecule has 3 rings (SSSR count). The van der Waals surface area contributed by atoms with Crippen LogP contribution < -0.4 is 11.3 Å². The minimum Gasteiger partial charge on any atom is -0.387 e. The predicted octanol–water partition coefficient (Wildman–Crippen LogP) is -1.10. The molecule has 2 aromatic rings. The molecular weight excluding hydrogens is 519 g/mol.